The minimum Gasteiger partial charge on any atom is -0.489 e. The zero-order valence-corrected chi connectivity index (χ0v) is 18.4. The highest BCUT2D eigenvalue weighted by Crippen LogP contribution is 2.17. The van der Waals surface area contributed by atoms with Gasteiger partial charge in [0.15, 0.2) is 5.96 Å². The molecule has 1 aliphatic heterocycles. The van der Waals surface area contributed by atoms with E-state index in [1.165, 1.54) is 11.1 Å². The molecule has 0 radical (unpaired) electrons. The molecule has 2 aromatic carbocycles. The quantitative estimate of drug-likeness (QED) is 0.518. The van der Waals surface area contributed by atoms with E-state index < -0.39 is 0 Å². The molecule has 162 valence electrons. The van der Waals surface area contributed by atoms with Crippen molar-refractivity contribution >= 4 is 5.96 Å². The Morgan fingerprint density at radius 3 is 2.50 bits per heavy atom. The van der Waals surface area contributed by atoms with Crippen LogP contribution in [0.5, 0.6) is 5.75 Å². The first-order valence-electron chi connectivity index (χ1n) is 10.7. The van der Waals surface area contributed by atoms with Crippen molar-refractivity contribution in [3.8, 4) is 5.75 Å². The first-order chi connectivity index (χ1) is 14.7. The van der Waals surface area contributed by atoms with Gasteiger partial charge in [-0.15, -0.1) is 0 Å². The van der Waals surface area contributed by atoms with Crippen LogP contribution >= 0.6 is 0 Å². The third-order valence-electron chi connectivity index (χ3n) is 5.26. The van der Waals surface area contributed by atoms with Crippen molar-refractivity contribution in [3.63, 3.8) is 0 Å². The summed E-state index contributed by atoms with van der Waals surface area (Å²) in [6.45, 7) is 10.1. The molecule has 6 nitrogen and oxygen atoms in total. The van der Waals surface area contributed by atoms with Crippen LogP contribution in [0.3, 0.4) is 0 Å². The summed E-state index contributed by atoms with van der Waals surface area (Å²) in [5.41, 5.74) is 3.78. The highest BCUT2D eigenvalue weighted by Gasteiger charge is 2.13. The molecule has 0 bridgehead atoms. The van der Waals surface area contributed by atoms with Crippen LogP contribution in [0.1, 0.15) is 23.6 Å². The molecule has 30 heavy (non-hydrogen) atoms. The van der Waals surface area contributed by atoms with Crippen molar-refractivity contribution < 1.29 is 9.47 Å². The van der Waals surface area contributed by atoms with E-state index in [0.717, 1.165) is 56.7 Å². The molecule has 0 aromatic heterocycles. The SMILES string of the molecule is CN=C(NCc1ccccc1CN1CCOCC1)NCC(C)Oc1ccccc1C. The molecule has 0 amide bonds. The Labute approximate surface area is 180 Å². The molecule has 1 fully saturated rings. The highest BCUT2D eigenvalue weighted by molar-refractivity contribution is 5.79. The molecule has 1 saturated heterocycles. The minimum absolute atomic E-state index is 0.0262. The molecule has 0 spiro atoms. The van der Waals surface area contributed by atoms with Crippen LogP contribution in [0.4, 0.5) is 0 Å². The first kappa shape index (κ1) is 22.1. The zero-order valence-electron chi connectivity index (χ0n) is 18.4. The molecular weight excluding hydrogens is 376 g/mol. The molecule has 1 heterocycles. The Morgan fingerprint density at radius 2 is 1.77 bits per heavy atom. The Morgan fingerprint density at radius 1 is 1.07 bits per heavy atom. The molecule has 1 atom stereocenters. The van der Waals surface area contributed by atoms with E-state index in [4.69, 9.17) is 9.47 Å². The van der Waals surface area contributed by atoms with E-state index in [2.05, 4.69) is 64.7 Å². The van der Waals surface area contributed by atoms with Crippen LogP contribution in [0, 0.1) is 6.92 Å². The molecule has 1 unspecified atom stereocenters. The summed E-state index contributed by atoms with van der Waals surface area (Å²) >= 11 is 0. The van der Waals surface area contributed by atoms with Gasteiger partial charge < -0.3 is 20.1 Å². The van der Waals surface area contributed by atoms with Gasteiger partial charge in [0.1, 0.15) is 11.9 Å². The van der Waals surface area contributed by atoms with E-state index in [1.807, 2.05) is 18.2 Å². The van der Waals surface area contributed by atoms with E-state index in [-0.39, 0.29) is 6.10 Å². The number of nitrogens with zero attached hydrogens (tertiary/aromatic N) is 2. The second kappa shape index (κ2) is 11.6. The maximum atomic E-state index is 6.05. The zero-order chi connectivity index (χ0) is 21.2. The van der Waals surface area contributed by atoms with Crippen molar-refractivity contribution in [2.45, 2.75) is 33.0 Å². The summed E-state index contributed by atoms with van der Waals surface area (Å²) in [7, 11) is 1.79. The van der Waals surface area contributed by atoms with Crippen LogP contribution in [-0.2, 0) is 17.8 Å². The second-order valence-corrected chi connectivity index (χ2v) is 7.66. The van der Waals surface area contributed by atoms with Gasteiger partial charge >= 0.3 is 0 Å². The van der Waals surface area contributed by atoms with Gasteiger partial charge in [-0.1, -0.05) is 42.5 Å². The lowest BCUT2D eigenvalue weighted by molar-refractivity contribution is 0.0341. The molecule has 2 aromatic rings. The molecular formula is C24H34N4O2. The number of morpholine rings is 1. The van der Waals surface area contributed by atoms with Gasteiger partial charge in [0, 0.05) is 33.2 Å². The van der Waals surface area contributed by atoms with Crippen LogP contribution in [0.25, 0.3) is 0 Å². The Balaban J connectivity index is 1.49. The summed E-state index contributed by atoms with van der Waals surface area (Å²) in [6, 6.07) is 16.7. The number of hydrogen-bond donors (Lipinski definition) is 2. The van der Waals surface area contributed by atoms with Gasteiger partial charge in [-0.05, 0) is 36.6 Å². The second-order valence-electron chi connectivity index (χ2n) is 7.66. The number of ether oxygens (including phenoxy) is 2. The number of rotatable bonds is 8. The number of aryl methyl sites for hydroxylation is 1. The minimum atomic E-state index is 0.0262. The Hall–Kier alpha value is -2.57. The van der Waals surface area contributed by atoms with Crippen LogP contribution in [0.2, 0.25) is 0 Å². The van der Waals surface area contributed by atoms with E-state index in [1.54, 1.807) is 7.05 Å². The summed E-state index contributed by atoms with van der Waals surface area (Å²) in [5.74, 6) is 1.70. The Bertz CT molecular complexity index is 818. The molecule has 2 N–H and O–H groups in total. The Kier molecular flexibility index (Phi) is 8.53. The third kappa shape index (κ3) is 6.75. The molecule has 1 aliphatic rings. The number of aliphatic imine (C=N–C) groups is 1. The monoisotopic (exact) mass is 410 g/mol. The summed E-state index contributed by atoms with van der Waals surface area (Å²) in [5, 5.41) is 6.80. The van der Waals surface area contributed by atoms with Crippen molar-refractivity contribution in [1.29, 1.82) is 0 Å². The lowest BCUT2D eigenvalue weighted by Crippen LogP contribution is -2.41. The van der Waals surface area contributed by atoms with Gasteiger partial charge in [-0.2, -0.15) is 0 Å². The van der Waals surface area contributed by atoms with Crippen molar-refractivity contribution in [2.75, 3.05) is 39.9 Å². The lowest BCUT2D eigenvalue weighted by Gasteiger charge is -2.27. The van der Waals surface area contributed by atoms with E-state index in [9.17, 15) is 0 Å². The van der Waals surface area contributed by atoms with Gasteiger partial charge in [-0.3, -0.25) is 9.89 Å². The fourth-order valence-electron chi connectivity index (χ4n) is 3.47. The lowest BCUT2D eigenvalue weighted by atomic mass is 10.1. The number of hydrogen-bond acceptors (Lipinski definition) is 4. The van der Waals surface area contributed by atoms with E-state index in [0.29, 0.717) is 6.54 Å². The summed E-state index contributed by atoms with van der Waals surface area (Å²) in [6.07, 6.45) is 0.0262. The number of benzene rings is 2. The molecule has 3 rings (SSSR count). The van der Waals surface area contributed by atoms with Crippen molar-refractivity contribution in [1.82, 2.24) is 15.5 Å². The summed E-state index contributed by atoms with van der Waals surface area (Å²) in [4.78, 5) is 6.80. The van der Waals surface area contributed by atoms with Crippen molar-refractivity contribution in [2.24, 2.45) is 4.99 Å². The van der Waals surface area contributed by atoms with Crippen LogP contribution in [-0.4, -0.2) is 56.9 Å². The topological polar surface area (TPSA) is 58.1 Å². The number of para-hydroxylation sites is 1. The van der Waals surface area contributed by atoms with Crippen molar-refractivity contribution in [3.05, 3.63) is 65.2 Å². The van der Waals surface area contributed by atoms with Gasteiger partial charge in [0.2, 0.25) is 0 Å². The highest BCUT2D eigenvalue weighted by atomic mass is 16.5. The standard InChI is InChI=1S/C24H34N4O2/c1-19-8-4-7-11-23(19)30-20(2)16-26-24(25-3)27-17-21-9-5-6-10-22(21)18-28-12-14-29-15-13-28/h4-11,20H,12-18H2,1-3H3,(H2,25,26,27). The molecule has 0 aliphatic carbocycles. The molecule has 0 saturated carbocycles. The predicted molar refractivity (Wildman–Crippen MR) is 122 cm³/mol. The van der Waals surface area contributed by atoms with E-state index >= 15 is 0 Å². The van der Waals surface area contributed by atoms with Gasteiger partial charge in [0.05, 0.1) is 19.8 Å². The maximum absolute atomic E-state index is 6.05. The van der Waals surface area contributed by atoms with Gasteiger partial charge in [0.25, 0.3) is 0 Å². The normalized spacial score (nSPS) is 16.2. The fourth-order valence-corrected chi connectivity index (χ4v) is 3.47. The molecule has 6 heteroatoms. The number of nitrogens with one attached hydrogen (secondary N) is 2. The maximum Gasteiger partial charge on any atom is 0.191 e. The number of guanidine groups is 1. The summed E-state index contributed by atoms with van der Waals surface area (Å²) < 4.78 is 11.5. The predicted octanol–water partition coefficient (Wildman–Crippen LogP) is 2.96. The van der Waals surface area contributed by atoms with Gasteiger partial charge in [-0.25, -0.2) is 0 Å². The van der Waals surface area contributed by atoms with Crippen LogP contribution < -0.4 is 15.4 Å². The third-order valence-corrected chi connectivity index (χ3v) is 5.26. The fraction of sp³-hybridized carbons (Fsp3) is 0.458. The average Bonchev–Trinajstić information content (AvgIpc) is 2.77. The average molecular weight is 411 g/mol. The first-order valence-corrected chi connectivity index (χ1v) is 10.7. The van der Waals surface area contributed by atoms with Crippen LogP contribution in [0.15, 0.2) is 53.5 Å². The smallest absolute Gasteiger partial charge is 0.191 e. The largest absolute Gasteiger partial charge is 0.489 e.